The summed E-state index contributed by atoms with van der Waals surface area (Å²) in [7, 11) is 0. The molecule has 0 unspecified atom stereocenters. The summed E-state index contributed by atoms with van der Waals surface area (Å²) in [5, 5.41) is 9.90. The Morgan fingerprint density at radius 2 is 1.79 bits per heavy atom. The van der Waals surface area contributed by atoms with Gasteiger partial charge in [-0.15, -0.1) is 0 Å². The van der Waals surface area contributed by atoms with Gasteiger partial charge >= 0.3 is 5.97 Å². The molecule has 0 radical (unpaired) electrons. The minimum absolute atomic E-state index is 0.0623. The van der Waals surface area contributed by atoms with Crippen LogP contribution in [0.15, 0.2) is 42.0 Å². The van der Waals surface area contributed by atoms with E-state index in [0.29, 0.717) is 35.2 Å². The van der Waals surface area contributed by atoms with Crippen LogP contribution >= 0.6 is 0 Å². The number of nitriles is 1. The molecule has 5 rings (SSSR count). The van der Waals surface area contributed by atoms with Gasteiger partial charge in [0.2, 0.25) is 0 Å². The monoisotopic (exact) mass is 529 g/mol. The van der Waals surface area contributed by atoms with E-state index in [0.717, 1.165) is 42.9 Å². The molecule has 1 aromatic carbocycles. The molecule has 3 nitrogen and oxygen atoms in total. The SMILES string of the molecule is CC(C)CCC[C@@H](C)[C@H]1CC[C@H]2[C@@H]3[C@@H](CC#N)C=C4C[C@@H](OC(=O)c5ccccc5)CC[C@]4(C)[C@H]3CC[C@]12C. The van der Waals surface area contributed by atoms with E-state index in [4.69, 9.17) is 4.74 Å². The topological polar surface area (TPSA) is 50.1 Å². The van der Waals surface area contributed by atoms with Crippen molar-refractivity contribution in [1.82, 2.24) is 0 Å². The maximum absolute atomic E-state index is 12.8. The quantitative estimate of drug-likeness (QED) is 0.249. The number of hydrogen-bond donors (Lipinski definition) is 0. The number of fused-ring (bicyclic) bond motifs is 5. The molecular weight excluding hydrogens is 478 g/mol. The van der Waals surface area contributed by atoms with Crippen LogP contribution < -0.4 is 0 Å². The normalized spacial score (nSPS) is 38.1. The van der Waals surface area contributed by atoms with E-state index in [-0.39, 0.29) is 17.5 Å². The van der Waals surface area contributed by atoms with Crippen LogP contribution in [0.1, 0.15) is 116 Å². The maximum Gasteiger partial charge on any atom is 0.338 e. The summed E-state index contributed by atoms with van der Waals surface area (Å²) in [6.45, 7) is 12.4. The van der Waals surface area contributed by atoms with Crippen molar-refractivity contribution < 1.29 is 9.53 Å². The summed E-state index contributed by atoms with van der Waals surface area (Å²) in [4.78, 5) is 12.8. The number of allylic oxidation sites excluding steroid dienone is 1. The molecule has 4 aliphatic carbocycles. The van der Waals surface area contributed by atoms with Crippen LogP contribution in [-0.2, 0) is 4.74 Å². The molecule has 0 N–H and O–H groups in total. The van der Waals surface area contributed by atoms with E-state index >= 15 is 0 Å². The van der Waals surface area contributed by atoms with Gasteiger partial charge in [-0.3, -0.25) is 0 Å². The van der Waals surface area contributed by atoms with E-state index in [1.54, 1.807) is 0 Å². The van der Waals surface area contributed by atoms with Crippen LogP contribution in [0.5, 0.6) is 0 Å². The van der Waals surface area contributed by atoms with E-state index < -0.39 is 0 Å². The van der Waals surface area contributed by atoms with E-state index in [9.17, 15) is 10.1 Å². The second kappa shape index (κ2) is 11.4. The number of rotatable bonds is 8. The maximum atomic E-state index is 12.8. The Morgan fingerprint density at radius 3 is 2.51 bits per heavy atom. The van der Waals surface area contributed by atoms with Crippen molar-refractivity contribution in [3.8, 4) is 6.07 Å². The number of esters is 1. The van der Waals surface area contributed by atoms with Gasteiger partial charge < -0.3 is 4.74 Å². The van der Waals surface area contributed by atoms with Gasteiger partial charge in [0.1, 0.15) is 6.10 Å². The Bertz CT molecular complexity index is 1090. The highest BCUT2D eigenvalue weighted by molar-refractivity contribution is 5.89. The first-order valence-electron chi connectivity index (χ1n) is 16.0. The summed E-state index contributed by atoms with van der Waals surface area (Å²) >= 11 is 0. The molecular formula is C36H51NO2. The molecule has 0 aliphatic heterocycles. The van der Waals surface area contributed by atoms with Gasteiger partial charge in [-0.1, -0.05) is 83.7 Å². The van der Waals surface area contributed by atoms with Crippen molar-refractivity contribution in [3.05, 3.63) is 47.5 Å². The lowest BCUT2D eigenvalue weighted by molar-refractivity contribution is -0.0765. The molecule has 1 aromatic rings. The molecule has 0 spiro atoms. The standard InChI is InChI=1S/C36H51NO2/c1-24(2)10-9-11-25(3)30-14-15-31-33-27(18-21-37)22-28-23-29(39-34(38)26-12-7-6-8-13-26)16-19-35(28,4)32(33)17-20-36(30,31)5/h6-8,12-13,22,24-25,27,29-33H,9-11,14-20,23H2,1-5H3/t25-,27+,29+,30-,31+,32+,33+,35+,36-/m1/s1. The summed E-state index contributed by atoms with van der Waals surface area (Å²) in [5.74, 6) is 4.55. The Morgan fingerprint density at radius 1 is 1.03 bits per heavy atom. The average molecular weight is 530 g/mol. The van der Waals surface area contributed by atoms with E-state index in [2.05, 4.69) is 46.8 Å². The van der Waals surface area contributed by atoms with Gasteiger partial charge in [-0.05, 0) is 103 Å². The second-order valence-electron chi connectivity index (χ2n) is 14.6. The summed E-state index contributed by atoms with van der Waals surface area (Å²) in [5.41, 5.74) is 2.69. The first-order valence-corrected chi connectivity index (χ1v) is 16.0. The van der Waals surface area contributed by atoms with Gasteiger partial charge in [-0.25, -0.2) is 4.79 Å². The molecule has 3 fully saturated rings. The highest BCUT2D eigenvalue weighted by atomic mass is 16.5. The minimum atomic E-state index is -0.208. The predicted molar refractivity (Wildman–Crippen MR) is 158 cm³/mol. The van der Waals surface area contributed by atoms with Crippen molar-refractivity contribution in [2.24, 2.45) is 52.3 Å². The molecule has 39 heavy (non-hydrogen) atoms. The lowest BCUT2D eigenvalue weighted by Crippen LogP contribution is -2.53. The number of carbonyl (C=O) groups excluding carboxylic acids is 1. The van der Waals surface area contributed by atoms with Crippen molar-refractivity contribution >= 4 is 5.97 Å². The van der Waals surface area contributed by atoms with Crippen molar-refractivity contribution in [3.63, 3.8) is 0 Å². The molecule has 9 atom stereocenters. The zero-order chi connectivity index (χ0) is 27.8. The third-order valence-electron chi connectivity index (χ3n) is 12.0. The lowest BCUT2D eigenvalue weighted by Gasteiger charge is -2.60. The molecule has 0 saturated heterocycles. The van der Waals surface area contributed by atoms with Gasteiger partial charge in [0.25, 0.3) is 0 Å². The number of hydrogen-bond acceptors (Lipinski definition) is 3. The van der Waals surface area contributed by atoms with Crippen molar-refractivity contribution in [2.45, 2.75) is 111 Å². The van der Waals surface area contributed by atoms with Crippen LogP contribution in [0.2, 0.25) is 0 Å². The molecule has 3 saturated carbocycles. The Kier molecular flexibility index (Phi) is 8.33. The summed E-state index contributed by atoms with van der Waals surface area (Å²) in [6.07, 6.45) is 15.3. The van der Waals surface area contributed by atoms with Crippen LogP contribution in [0.3, 0.4) is 0 Å². The molecule has 0 amide bonds. The minimum Gasteiger partial charge on any atom is -0.458 e. The number of carbonyl (C=O) groups is 1. The Hall–Kier alpha value is -2.08. The highest BCUT2D eigenvalue weighted by Crippen LogP contribution is 2.68. The molecule has 0 aromatic heterocycles. The zero-order valence-electron chi connectivity index (χ0n) is 25.1. The largest absolute Gasteiger partial charge is 0.458 e. The molecule has 0 bridgehead atoms. The first kappa shape index (κ1) is 28.4. The third kappa shape index (κ3) is 5.35. The molecule has 0 heterocycles. The van der Waals surface area contributed by atoms with E-state index in [1.807, 2.05) is 30.3 Å². The van der Waals surface area contributed by atoms with Crippen LogP contribution in [-0.4, -0.2) is 12.1 Å². The fraction of sp³-hybridized carbons (Fsp3) is 0.722. The van der Waals surface area contributed by atoms with Gasteiger partial charge in [0.05, 0.1) is 11.6 Å². The van der Waals surface area contributed by atoms with Gasteiger partial charge in [0, 0.05) is 12.8 Å². The van der Waals surface area contributed by atoms with Gasteiger partial charge in [-0.2, -0.15) is 5.26 Å². The first-order chi connectivity index (χ1) is 18.7. The Balaban J connectivity index is 1.35. The average Bonchev–Trinajstić information content (AvgIpc) is 3.27. The summed E-state index contributed by atoms with van der Waals surface area (Å²) in [6, 6.07) is 12.0. The third-order valence-corrected chi connectivity index (χ3v) is 12.0. The van der Waals surface area contributed by atoms with Crippen molar-refractivity contribution in [2.75, 3.05) is 0 Å². The van der Waals surface area contributed by atoms with E-state index in [1.165, 1.54) is 50.5 Å². The zero-order valence-corrected chi connectivity index (χ0v) is 25.1. The molecule has 4 aliphatic rings. The van der Waals surface area contributed by atoms with Crippen molar-refractivity contribution in [1.29, 1.82) is 5.26 Å². The fourth-order valence-corrected chi connectivity index (χ4v) is 10.0. The summed E-state index contributed by atoms with van der Waals surface area (Å²) < 4.78 is 6.03. The fourth-order valence-electron chi connectivity index (χ4n) is 10.0. The number of ether oxygens (including phenoxy) is 1. The van der Waals surface area contributed by atoms with Gasteiger partial charge in [0.15, 0.2) is 0 Å². The van der Waals surface area contributed by atoms with Crippen LogP contribution in [0, 0.1) is 63.6 Å². The second-order valence-corrected chi connectivity index (χ2v) is 14.6. The molecule has 3 heteroatoms. The highest BCUT2D eigenvalue weighted by Gasteiger charge is 2.61. The number of benzene rings is 1. The smallest absolute Gasteiger partial charge is 0.338 e. The number of nitrogens with zero attached hydrogens (tertiary/aromatic N) is 1. The lowest BCUT2D eigenvalue weighted by atomic mass is 9.44. The molecule has 212 valence electrons. The van der Waals surface area contributed by atoms with Crippen LogP contribution in [0.25, 0.3) is 0 Å². The predicted octanol–water partition coefficient (Wildman–Crippen LogP) is 9.39. The Labute approximate surface area is 237 Å². The van der Waals surface area contributed by atoms with Crippen LogP contribution in [0.4, 0.5) is 0 Å².